The van der Waals surface area contributed by atoms with Crippen LogP contribution < -0.4 is 5.32 Å². The third-order valence-electron chi connectivity index (χ3n) is 5.54. The molecule has 3 heterocycles. The molecule has 0 spiro atoms. The van der Waals surface area contributed by atoms with Gasteiger partial charge in [0.1, 0.15) is 5.56 Å². The van der Waals surface area contributed by atoms with Gasteiger partial charge in [-0.3, -0.25) is 9.48 Å². The number of hydrogen-bond donors (Lipinski definition) is 1. The topological polar surface area (TPSA) is 77.1 Å². The lowest BCUT2D eigenvalue weighted by atomic mass is 10.1. The Bertz CT molecular complexity index is 1180. The fourth-order valence-electron chi connectivity index (χ4n) is 3.73. The molecule has 0 saturated heterocycles. The molecule has 0 bridgehead atoms. The number of nitrogens with one attached hydrogen (secondary N) is 1. The van der Waals surface area contributed by atoms with E-state index >= 15 is 0 Å². The number of fused-ring (bicyclic) bond motifs is 2. The first-order valence-electron chi connectivity index (χ1n) is 11.2. The third-order valence-corrected chi connectivity index (χ3v) is 5.54. The molecule has 1 amide bonds. The Hall–Kier alpha value is -3.22. The van der Waals surface area contributed by atoms with Crippen molar-refractivity contribution in [1.82, 2.24) is 24.4 Å². The van der Waals surface area contributed by atoms with E-state index in [0.717, 1.165) is 35.0 Å². The zero-order chi connectivity index (χ0) is 21.8. The monoisotopic (exact) mass is 418 g/mol. The van der Waals surface area contributed by atoms with Crippen molar-refractivity contribution in [3.05, 3.63) is 54.1 Å². The number of anilines is 1. The van der Waals surface area contributed by atoms with Crippen LogP contribution in [0.5, 0.6) is 0 Å². The Morgan fingerprint density at radius 2 is 1.97 bits per heavy atom. The fraction of sp³-hybridized carbons (Fsp3) is 0.417. The standard InChI is InChI=1S/C18H16N6O.C6H14/c1-23-10-12-7-16(13(11-3-4-11)8-15(12)22-23)21-18(25)14-9-20-24-6-2-5-19-17(14)24;1-3-5-6-4-2/h2,5-11H,3-4H2,1H3,(H,21,25);3-6H2,1-2H3. The van der Waals surface area contributed by atoms with Crippen LogP contribution in [0, 0.1) is 0 Å². The smallest absolute Gasteiger partial charge is 0.261 e. The summed E-state index contributed by atoms with van der Waals surface area (Å²) in [5.74, 6) is 0.308. The number of aryl methyl sites for hydroxylation is 1. The number of benzene rings is 1. The molecule has 7 heteroatoms. The summed E-state index contributed by atoms with van der Waals surface area (Å²) < 4.78 is 3.39. The highest BCUT2D eigenvalue weighted by Gasteiger charge is 2.28. The molecule has 5 rings (SSSR count). The van der Waals surface area contributed by atoms with E-state index in [4.69, 9.17) is 0 Å². The zero-order valence-corrected chi connectivity index (χ0v) is 18.5. The summed E-state index contributed by atoms with van der Waals surface area (Å²) in [4.78, 5) is 17.1. The van der Waals surface area contributed by atoms with Crippen LogP contribution in [0.1, 0.15) is 74.2 Å². The van der Waals surface area contributed by atoms with E-state index in [0.29, 0.717) is 17.1 Å². The Balaban J connectivity index is 0.000000342. The Kier molecular flexibility index (Phi) is 6.30. The van der Waals surface area contributed by atoms with Gasteiger partial charge in [0.15, 0.2) is 5.65 Å². The number of aromatic nitrogens is 5. The summed E-state index contributed by atoms with van der Waals surface area (Å²) in [5, 5.41) is 12.7. The Labute approximate surface area is 182 Å². The van der Waals surface area contributed by atoms with Crippen LogP contribution in [0.2, 0.25) is 0 Å². The molecular weight excluding hydrogens is 388 g/mol. The quantitative estimate of drug-likeness (QED) is 0.429. The van der Waals surface area contributed by atoms with E-state index in [9.17, 15) is 4.79 Å². The van der Waals surface area contributed by atoms with E-state index in [1.54, 1.807) is 33.9 Å². The van der Waals surface area contributed by atoms with Gasteiger partial charge >= 0.3 is 0 Å². The van der Waals surface area contributed by atoms with E-state index in [1.807, 2.05) is 19.3 Å². The first kappa shape index (κ1) is 21.0. The van der Waals surface area contributed by atoms with E-state index < -0.39 is 0 Å². The third kappa shape index (κ3) is 4.76. The van der Waals surface area contributed by atoms with Gasteiger partial charge in [0.05, 0.1) is 11.7 Å². The van der Waals surface area contributed by atoms with Gasteiger partial charge in [-0.1, -0.05) is 39.5 Å². The lowest BCUT2D eigenvalue weighted by Gasteiger charge is -2.10. The minimum absolute atomic E-state index is 0.196. The molecule has 3 aromatic heterocycles. The van der Waals surface area contributed by atoms with Crippen LogP contribution in [0.15, 0.2) is 43.0 Å². The lowest BCUT2D eigenvalue weighted by Crippen LogP contribution is -2.13. The molecular formula is C24H30N6O. The van der Waals surface area contributed by atoms with Crippen LogP contribution in [0.3, 0.4) is 0 Å². The van der Waals surface area contributed by atoms with Crippen molar-refractivity contribution in [1.29, 1.82) is 0 Å². The largest absolute Gasteiger partial charge is 0.322 e. The van der Waals surface area contributed by atoms with Gasteiger partial charge < -0.3 is 5.32 Å². The molecule has 7 nitrogen and oxygen atoms in total. The highest BCUT2D eigenvalue weighted by molar-refractivity contribution is 6.09. The van der Waals surface area contributed by atoms with Crippen molar-refractivity contribution < 1.29 is 4.79 Å². The number of carbonyl (C=O) groups excluding carboxylic acids is 1. The average molecular weight is 419 g/mol. The van der Waals surface area contributed by atoms with Crippen molar-refractivity contribution >= 4 is 28.1 Å². The van der Waals surface area contributed by atoms with Crippen molar-refractivity contribution in [3.63, 3.8) is 0 Å². The van der Waals surface area contributed by atoms with Crippen LogP contribution in [0.4, 0.5) is 5.69 Å². The Morgan fingerprint density at radius 1 is 1.19 bits per heavy atom. The van der Waals surface area contributed by atoms with E-state index in [1.165, 1.54) is 25.7 Å². The molecule has 0 aliphatic heterocycles. The second kappa shape index (κ2) is 9.29. The number of amides is 1. The summed E-state index contributed by atoms with van der Waals surface area (Å²) in [6, 6.07) is 5.88. The molecule has 31 heavy (non-hydrogen) atoms. The summed E-state index contributed by atoms with van der Waals surface area (Å²) >= 11 is 0. The number of rotatable bonds is 6. The van der Waals surface area contributed by atoms with Gasteiger partial charge in [-0.05, 0) is 42.5 Å². The van der Waals surface area contributed by atoms with Gasteiger partial charge in [-0.25, -0.2) is 9.50 Å². The van der Waals surface area contributed by atoms with Gasteiger partial charge in [0.2, 0.25) is 0 Å². The molecule has 0 radical (unpaired) electrons. The molecule has 1 N–H and O–H groups in total. The van der Waals surface area contributed by atoms with Gasteiger partial charge in [-0.2, -0.15) is 10.2 Å². The second-order valence-corrected chi connectivity index (χ2v) is 8.18. The van der Waals surface area contributed by atoms with Gasteiger partial charge in [-0.15, -0.1) is 0 Å². The van der Waals surface area contributed by atoms with Crippen LogP contribution in [0.25, 0.3) is 16.6 Å². The first-order chi connectivity index (χ1) is 15.1. The highest BCUT2D eigenvalue weighted by atomic mass is 16.1. The average Bonchev–Trinajstić information content (AvgIpc) is 3.41. The first-order valence-corrected chi connectivity index (χ1v) is 11.2. The zero-order valence-electron chi connectivity index (χ0n) is 18.5. The maximum absolute atomic E-state index is 12.8. The SMILES string of the molecule is CCCCCC.Cn1cc2cc(NC(=O)c3cnn4cccnc34)c(C3CC3)cc2n1. The van der Waals surface area contributed by atoms with Crippen molar-refractivity contribution in [2.75, 3.05) is 5.32 Å². The molecule has 1 aliphatic rings. The molecule has 1 aliphatic carbocycles. The predicted molar refractivity (Wildman–Crippen MR) is 123 cm³/mol. The van der Waals surface area contributed by atoms with Crippen LogP contribution in [-0.2, 0) is 7.05 Å². The number of hydrogen-bond acceptors (Lipinski definition) is 4. The van der Waals surface area contributed by atoms with Gasteiger partial charge in [0.25, 0.3) is 5.91 Å². The normalized spacial score (nSPS) is 13.3. The number of unbranched alkanes of at least 4 members (excludes halogenated alkanes) is 3. The molecule has 1 aromatic carbocycles. The molecule has 162 valence electrons. The minimum atomic E-state index is -0.196. The second-order valence-electron chi connectivity index (χ2n) is 8.18. The van der Waals surface area contributed by atoms with Crippen molar-refractivity contribution in [2.24, 2.45) is 7.05 Å². The van der Waals surface area contributed by atoms with Crippen LogP contribution >= 0.6 is 0 Å². The molecule has 4 aromatic rings. The van der Waals surface area contributed by atoms with Crippen molar-refractivity contribution in [2.45, 2.75) is 58.3 Å². The number of carbonyl (C=O) groups is 1. The molecule has 1 fully saturated rings. The van der Waals surface area contributed by atoms with Crippen LogP contribution in [-0.4, -0.2) is 30.3 Å². The predicted octanol–water partition coefficient (Wildman–Crippen LogP) is 5.33. The van der Waals surface area contributed by atoms with Gasteiger partial charge in [0, 0.05) is 36.7 Å². The lowest BCUT2D eigenvalue weighted by molar-refractivity contribution is 0.102. The summed E-state index contributed by atoms with van der Waals surface area (Å²) in [6.07, 6.45) is 14.8. The summed E-state index contributed by atoms with van der Waals surface area (Å²) in [5.41, 5.74) is 3.98. The maximum Gasteiger partial charge on any atom is 0.261 e. The summed E-state index contributed by atoms with van der Waals surface area (Å²) in [6.45, 7) is 4.46. The maximum atomic E-state index is 12.8. The summed E-state index contributed by atoms with van der Waals surface area (Å²) in [7, 11) is 1.90. The van der Waals surface area contributed by atoms with Crippen molar-refractivity contribution in [3.8, 4) is 0 Å². The number of nitrogens with zero attached hydrogens (tertiary/aromatic N) is 5. The minimum Gasteiger partial charge on any atom is -0.322 e. The Morgan fingerprint density at radius 3 is 2.68 bits per heavy atom. The molecule has 0 unspecified atom stereocenters. The molecule has 1 saturated carbocycles. The van der Waals surface area contributed by atoms with E-state index in [2.05, 4.69) is 40.4 Å². The molecule has 0 atom stereocenters. The fourth-order valence-corrected chi connectivity index (χ4v) is 3.73. The van der Waals surface area contributed by atoms with E-state index in [-0.39, 0.29) is 5.91 Å². The highest BCUT2D eigenvalue weighted by Crippen LogP contribution is 2.44.